The second-order valence-corrected chi connectivity index (χ2v) is 3.63. The van der Waals surface area contributed by atoms with Gasteiger partial charge in [-0.25, -0.2) is 0 Å². The van der Waals surface area contributed by atoms with Crippen molar-refractivity contribution in [2.75, 3.05) is 13.1 Å². The van der Waals surface area contributed by atoms with E-state index >= 15 is 0 Å². The highest BCUT2D eigenvalue weighted by Crippen LogP contribution is 2.07. The molecule has 0 radical (unpaired) electrons. The van der Waals surface area contributed by atoms with E-state index in [-0.39, 0.29) is 0 Å². The van der Waals surface area contributed by atoms with Crippen LogP contribution in [0.4, 0.5) is 0 Å². The van der Waals surface area contributed by atoms with Crippen molar-refractivity contribution in [3.8, 4) is 0 Å². The van der Waals surface area contributed by atoms with E-state index in [0.717, 1.165) is 25.9 Å². The number of rotatable bonds is 6. The smallest absolute Gasteiger partial charge is 0.0654 e. The van der Waals surface area contributed by atoms with Gasteiger partial charge in [0.15, 0.2) is 0 Å². The third-order valence-corrected chi connectivity index (χ3v) is 2.32. The fourth-order valence-electron chi connectivity index (χ4n) is 1.61. The molecule has 0 unspecified atom stereocenters. The molecule has 0 saturated carbocycles. The quantitative estimate of drug-likeness (QED) is 0.698. The molecule has 0 bridgehead atoms. The zero-order chi connectivity index (χ0) is 10.4. The fourth-order valence-corrected chi connectivity index (χ4v) is 1.61. The highest BCUT2D eigenvalue weighted by atomic mass is 15.2. The Morgan fingerprint density at radius 3 is 2.79 bits per heavy atom. The summed E-state index contributed by atoms with van der Waals surface area (Å²) in [4.78, 5) is 0. The molecule has 0 amide bonds. The molecule has 3 nitrogen and oxygen atoms in total. The number of nitrogens with one attached hydrogen (secondary N) is 1. The first-order chi connectivity index (χ1) is 6.77. The van der Waals surface area contributed by atoms with E-state index in [2.05, 4.69) is 30.5 Å². The molecule has 14 heavy (non-hydrogen) atoms. The molecule has 1 N–H and O–H groups in total. The summed E-state index contributed by atoms with van der Waals surface area (Å²) in [6, 6.07) is 0. The van der Waals surface area contributed by atoms with Crippen LogP contribution in [0.25, 0.3) is 0 Å². The van der Waals surface area contributed by atoms with Gasteiger partial charge < -0.3 is 5.32 Å². The van der Waals surface area contributed by atoms with Crippen LogP contribution in [0.3, 0.4) is 0 Å². The standard InChI is InChI=1S/C11H21N3/c1-4-7-12-8-6-10-9-14(3)13-11(10)5-2/h9,12H,4-8H2,1-3H3. The molecule has 0 aliphatic rings. The van der Waals surface area contributed by atoms with Crippen molar-refractivity contribution in [3.05, 3.63) is 17.5 Å². The van der Waals surface area contributed by atoms with Gasteiger partial charge >= 0.3 is 0 Å². The Kier molecular flexibility index (Phi) is 4.66. The van der Waals surface area contributed by atoms with Gasteiger partial charge in [-0.2, -0.15) is 5.10 Å². The molecule has 3 heteroatoms. The summed E-state index contributed by atoms with van der Waals surface area (Å²) in [6.45, 7) is 6.52. The molecule has 1 heterocycles. The van der Waals surface area contributed by atoms with E-state index in [1.807, 2.05) is 11.7 Å². The molecule has 0 fully saturated rings. The van der Waals surface area contributed by atoms with Crippen molar-refractivity contribution < 1.29 is 0 Å². The summed E-state index contributed by atoms with van der Waals surface area (Å²) in [5, 5.41) is 7.82. The minimum Gasteiger partial charge on any atom is -0.316 e. The summed E-state index contributed by atoms with van der Waals surface area (Å²) < 4.78 is 1.91. The fraction of sp³-hybridized carbons (Fsp3) is 0.727. The van der Waals surface area contributed by atoms with Gasteiger partial charge in [-0.1, -0.05) is 13.8 Å². The predicted molar refractivity (Wildman–Crippen MR) is 59.5 cm³/mol. The van der Waals surface area contributed by atoms with Gasteiger partial charge in [0.1, 0.15) is 0 Å². The second-order valence-electron chi connectivity index (χ2n) is 3.63. The lowest BCUT2D eigenvalue weighted by Gasteiger charge is -2.01. The molecule has 1 aromatic heterocycles. The minimum atomic E-state index is 1.03. The van der Waals surface area contributed by atoms with Gasteiger partial charge in [-0.15, -0.1) is 0 Å². The average Bonchev–Trinajstić information content (AvgIpc) is 2.54. The van der Waals surface area contributed by atoms with E-state index in [4.69, 9.17) is 0 Å². The first kappa shape index (κ1) is 11.2. The Balaban J connectivity index is 2.41. The van der Waals surface area contributed by atoms with Crippen LogP contribution < -0.4 is 5.32 Å². The number of hydrogen-bond donors (Lipinski definition) is 1. The molecule has 80 valence electrons. The largest absolute Gasteiger partial charge is 0.316 e. The summed E-state index contributed by atoms with van der Waals surface area (Å²) in [6.07, 6.45) is 5.46. The van der Waals surface area contributed by atoms with Gasteiger partial charge in [-0.3, -0.25) is 4.68 Å². The lowest BCUT2D eigenvalue weighted by Crippen LogP contribution is -2.18. The predicted octanol–water partition coefficient (Wildman–Crippen LogP) is 1.52. The van der Waals surface area contributed by atoms with E-state index in [9.17, 15) is 0 Å². The van der Waals surface area contributed by atoms with Crippen LogP contribution >= 0.6 is 0 Å². The Labute approximate surface area is 86.5 Å². The molecular weight excluding hydrogens is 174 g/mol. The van der Waals surface area contributed by atoms with Crippen LogP contribution in [-0.4, -0.2) is 22.9 Å². The second kappa shape index (κ2) is 5.81. The maximum Gasteiger partial charge on any atom is 0.0654 e. The van der Waals surface area contributed by atoms with Gasteiger partial charge in [0.05, 0.1) is 5.69 Å². The highest BCUT2D eigenvalue weighted by Gasteiger charge is 2.04. The van der Waals surface area contributed by atoms with Crippen LogP contribution in [0.15, 0.2) is 6.20 Å². The Morgan fingerprint density at radius 2 is 2.14 bits per heavy atom. The first-order valence-corrected chi connectivity index (χ1v) is 5.50. The molecule has 0 atom stereocenters. The average molecular weight is 195 g/mol. The van der Waals surface area contributed by atoms with Gasteiger partial charge in [0.25, 0.3) is 0 Å². The monoisotopic (exact) mass is 195 g/mol. The number of aryl methyl sites for hydroxylation is 2. The Bertz CT molecular complexity index is 265. The molecule has 1 aromatic rings. The van der Waals surface area contributed by atoms with Gasteiger partial charge in [0, 0.05) is 13.2 Å². The molecule has 0 aliphatic carbocycles. The zero-order valence-corrected chi connectivity index (χ0v) is 9.51. The summed E-state index contributed by atoms with van der Waals surface area (Å²) in [7, 11) is 1.99. The van der Waals surface area contributed by atoms with E-state index in [1.54, 1.807) is 0 Å². The van der Waals surface area contributed by atoms with Crippen LogP contribution in [0.2, 0.25) is 0 Å². The number of aromatic nitrogens is 2. The normalized spacial score (nSPS) is 10.8. The van der Waals surface area contributed by atoms with E-state index in [0.29, 0.717) is 0 Å². The van der Waals surface area contributed by atoms with Gasteiger partial charge in [-0.05, 0) is 37.9 Å². The molecule has 0 aromatic carbocycles. The summed E-state index contributed by atoms with van der Waals surface area (Å²) in [5.41, 5.74) is 2.63. The maximum atomic E-state index is 4.42. The van der Waals surface area contributed by atoms with Crippen molar-refractivity contribution in [2.24, 2.45) is 7.05 Å². The molecule has 0 aliphatic heterocycles. The highest BCUT2D eigenvalue weighted by molar-refractivity contribution is 5.17. The number of hydrogen-bond acceptors (Lipinski definition) is 2. The van der Waals surface area contributed by atoms with Crippen molar-refractivity contribution in [1.29, 1.82) is 0 Å². The Hall–Kier alpha value is -0.830. The number of nitrogens with zero attached hydrogens (tertiary/aromatic N) is 2. The first-order valence-electron chi connectivity index (χ1n) is 5.50. The lowest BCUT2D eigenvalue weighted by atomic mass is 10.1. The minimum absolute atomic E-state index is 1.03. The van der Waals surface area contributed by atoms with Gasteiger partial charge in [0.2, 0.25) is 0 Å². The molecule has 0 saturated heterocycles. The Morgan fingerprint density at radius 1 is 1.36 bits per heavy atom. The third kappa shape index (κ3) is 3.14. The van der Waals surface area contributed by atoms with Crippen LogP contribution in [-0.2, 0) is 19.9 Å². The van der Waals surface area contributed by atoms with Crippen LogP contribution in [0.5, 0.6) is 0 Å². The van der Waals surface area contributed by atoms with Crippen molar-refractivity contribution in [3.63, 3.8) is 0 Å². The third-order valence-electron chi connectivity index (χ3n) is 2.32. The van der Waals surface area contributed by atoms with E-state index in [1.165, 1.54) is 17.7 Å². The van der Waals surface area contributed by atoms with Crippen molar-refractivity contribution in [2.45, 2.75) is 33.1 Å². The topological polar surface area (TPSA) is 29.9 Å². The summed E-state index contributed by atoms with van der Waals surface area (Å²) in [5.74, 6) is 0. The summed E-state index contributed by atoms with van der Waals surface area (Å²) >= 11 is 0. The van der Waals surface area contributed by atoms with Crippen molar-refractivity contribution in [1.82, 2.24) is 15.1 Å². The lowest BCUT2D eigenvalue weighted by molar-refractivity contribution is 0.669. The zero-order valence-electron chi connectivity index (χ0n) is 9.51. The maximum absolute atomic E-state index is 4.42. The molecular formula is C11H21N3. The molecule has 0 spiro atoms. The SMILES string of the molecule is CCCNCCc1cn(C)nc1CC. The van der Waals surface area contributed by atoms with Crippen molar-refractivity contribution >= 4 is 0 Å². The molecule has 1 rings (SSSR count). The van der Waals surface area contributed by atoms with E-state index < -0.39 is 0 Å². The van der Waals surface area contributed by atoms with Crippen LogP contribution in [0.1, 0.15) is 31.5 Å². The van der Waals surface area contributed by atoms with Crippen LogP contribution in [0, 0.1) is 0 Å².